The molecule has 0 aliphatic carbocycles. The normalized spacial score (nSPS) is 16.6. The molecule has 0 fully saturated rings. The van der Waals surface area contributed by atoms with Crippen molar-refractivity contribution < 1.29 is 72.9 Å². The second-order valence-corrected chi connectivity index (χ2v) is 24.6. The van der Waals surface area contributed by atoms with E-state index in [4.69, 9.17) is 22.1 Å². The summed E-state index contributed by atoms with van der Waals surface area (Å²) in [6, 6.07) is 4.05. The van der Waals surface area contributed by atoms with Crippen molar-refractivity contribution >= 4 is 61.7 Å². The number of benzene rings is 12. The zero-order chi connectivity index (χ0) is 86.2. The van der Waals surface area contributed by atoms with Crippen molar-refractivity contribution in [1.29, 1.82) is 0 Å². The molecule has 5 nitrogen and oxygen atoms in total. The van der Waals surface area contributed by atoms with Gasteiger partial charge in [0, 0.05) is 44.3 Å². The van der Waals surface area contributed by atoms with E-state index in [1.807, 2.05) is 47.0 Å². The molecule has 0 saturated carbocycles. The van der Waals surface area contributed by atoms with Crippen LogP contribution >= 0.6 is 0 Å². The minimum atomic E-state index is -6.57. The van der Waals surface area contributed by atoms with Gasteiger partial charge in [-0.15, -0.1) is 29.7 Å². The number of ether oxygens (including phenoxy) is 1. The molecule has 0 radical (unpaired) electrons. The van der Waals surface area contributed by atoms with Crippen LogP contribution in [0.25, 0.3) is 94.5 Å². The molecule has 0 atom stereocenters. The minimum absolute atomic E-state index is 0. The van der Waals surface area contributed by atoms with Gasteiger partial charge < -0.3 is 13.9 Å². The van der Waals surface area contributed by atoms with Crippen molar-refractivity contribution in [3.05, 3.63) is 333 Å². The first-order valence-corrected chi connectivity index (χ1v) is 29.5. The fourth-order valence-corrected chi connectivity index (χ4v) is 14.5. The zero-order valence-electron chi connectivity index (χ0n) is 78.1. The van der Waals surface area contributed by atoms with Gasteiger partial charge in [-0.05, 0) is 124 Å². The van der Waals surface area contributed by atoms with Crippen molar-refractivity contribution in [1.82, 2.24) is 14.1 Å². The molecule has 89 heavy (non-hydrogen) atoms. The van der Waals surface area contributed by atoms with E-state index in [1.54, 1.807) is 54.7 Å². The van der Waals surface area contributed by atoms with Gasteiger partial charge in [-0.25, -0.2) is 4.98 Å². The first kappa shape index (κ1) is 31.6. The Bertz CT molecular complexity index is 6720. The van der Waals surface area contributed by atoms with Gasteiger partial charge in [-0.2, -0.15) is 18.2 Å². The van der Waals surface area contributed by atoms with E-state index in [0.717, 1.165) is 27.9 Å². The molecule has 0 bridgehead atoms. The number of hydrogen-bond donors (Lipinski definition) is 0. The standard InChI is InChI=1S/C82H60N4OSi.Pt/c1-82(2,3)64-48-49-83-80(54-64)86-76-43-20-19-40-74(76)75-47-46-67(56-79(75)86)87-66-32-24-31-65(55-66)84-57-85(78-45-22-21-44-77(78)84)81-72(41-25-42-73(81)63-51-61(58-26-9-4-10-27-58)50-62(52-63)59-28-11-5-12-29-59)60-30-23-39-71(53-60)88(68-33-13-6-14-34-68,69-35-15-7-16-36-69)70-37-17-8-18-38-70;/h4-54H,1-3H3;/q-2;/i4D,5D,6D,7D,8D,9D,10D,11D,12D,13D,14D,15D,16D,17D,18D,23D,26D,27D,28D,30D,33D,34D,35D,36D,37D,38D,39D,50D,51D,52D,53D;. The van der Waals surface area contributed by atoms with Crippen molar-refractivity contribution in [2.45, 2.75) is 26.2 Å². The van der Waals surface area contributed by atoms with Crippen LogP contribution in [0.1, 0.15) is 68.8 Å². The van der Waals surface area contributed by atoms with Gasteiger partial charge in [-0.1, -0.05) is 262 Å². The van der Waals surface area contributed by atoms with E-state index < -0.39 is 266 Å². The SMILES string of the molecule is [2H]c1cc(-c2c([2H])c(-c3cccc(-c4c([2H])c([2H])c([2H])c([Si](c5c([2H])c([2H])c([2H])c([2H])c5[2H])(c5c([2H])c([2H])c([2H])c([2H])c5[2H])c5c([2H])c([2H])c([2H])c([2H])c5[2H])c4[2H])c3-[n+]3[c-]n(-c4[c-]c(Oc5[c-]c6c(cc5)c5ccccc5n6-c5cc(C(C)(C)C)ccn5)ccc4)c4ccccc43)c([2H])c(-c3c([2H])c([2H])c([2H])c([2H])c3[2H])c2[2H])c([2H])c([2H])c1[2H].[Pt]. The topological polar surface area (TPSA) is 35.9 Å². The van der Waals surface area contributed by atoms with Gasteiger partial charge in [0.2, 0.25) is 0 Å². The summed E-state index contributed by atoms with van der Waals surface area (Å²) < 4.78 is 306. The molecule has 3 heterocycles. The summed E-state index contributed by atoms with van der Waals surface area (Å²) in [5.41, 5.74) is -3.17. The largest absolute Gasteiger partial charge is 0.510 e. The second-order valence-electron chi connectivity index (χ2n) is 21.1. The number of hydrogen-bond acceptors (Lipinski definition) is 2. The molecule has 15 aromatic rings. The Kier molecular flexibility index (Phi) is 8.45. The Morgan fingerprint density at radius 3 is 1.75 bits per heavy atom. The van der Waals surface area contributed by atoms with E-state index in [1.165, 1.54) is 27.3 Å². The van der Waals surface area contributed by atoms with Crippen LogP contribution in [0.4, 0.5) is 0 Å². The molecule has 3 aromatic heterocycles. The number of para-hydroxylation sites is 4. The molecule has 0 N–H and O–H groups in total. The summed E-state index contributed by atoms with van der Waals surface area (Å²) >= 11 is 0. The van der Waals surface area contributed by atoms with Crippen molar-refractivity contribution in [2.75, 3.05) is 0 Å². The third-order valence-electron chi connectivity index (χ3n) is 14.9. The molecule has 430 valence electrons. The Hall–Kier alpha value is -10.2. The first-order valence-electron chi connectivity index (χ1n) is 43.0. The van der Waals surface area contributed by atoms with Crippen LogP contribution in [-0.4, -0.2) is 22.2 Å². The molecule has 0 spiro atoms. The maximum atomic E-state index is 11.1. The Balaban J connectivity index is 0.0000118. The van der Waals surface area contributed by atoms with Gasteiger partial charge in [0.1, 0.15) is 5.82 Å². The quantitative estimate of drug-likeness (QED) is 0.0499. The molecule has 0 aliphatic rings. The van der Waals surface area contributed by atoms with Gasteiger partial charge in [0.05, 0.1) is 59.2 Å². The van der Waals surface area contributed by atoms with Crippen LogP contribution in [0.5, 0.6) is 11.5 Å². The van der Waals surface area contributed by atoms with Crippen LogP contribution < -0.4 is 30.1 Å². The fraction of sp³-hybridized carbons (Fsp3) is 0.0488. The number of imidazole rings is 1. The predicted octanol–water partition coefficient (Wildman–Crippen LogP) is 16.9. The fourth-order valence-electron chi connectivity index (χ4n) is 10.9. The van der Waals surface area contributed by atoms with Gasteiger partial charge in [-0.3, -0.25) is 4.57 Å². The van der Waals surface area contributed by atoms with Crippen molar-refractivity contribution in [2.24, 2.45) is 0 Å². The summed E-state index contributed by atoms with van der Waals surface area (Å²) in [6.45, 7) is 6.28. The molecule has 0 unspecified atom stereocenters. The molecule has 15 rings (SSSR count). The average molecular weight is 1370 g/mol. The molecule has 12 aromatic carbocycles. The molecule has 0 saturated heterocycles. The molecule has 0 amide bonds. The number of rotatable bonds is 13. The summed E-state index contributed by atoms with van der Waals surface area (Å²) in [5, 5.41) is -2.86. The third-order valence-corrected chi connectivity index (χ3v) is 18.9. The zero-order valence-corrected chi connectivity index (χ0v) is 50.3. The van der Waals surface area contributed by atoms with Crippen LogP contribution in [0, 0.1) is 18.5 Å². The number of aromatic nitrogens is 4. The monoisotopic (exact) mass is 1370 g/mol. The number of fused-ring (bicyclic) bond motifs is 4. The van der Waals surface area contributed by atoms with E-state index in [-0.39, 0.29) is 54.7 Å². The molecule has 0 aliphatic heterocycles. The number of pyridine rings is 1. The van der Waals surface area contributed by atoms with Crippen LogP contribution in [0.3, 0.4) is 0 Å². The summed E-state index contributed by atoms with van der Waals surface area (Å²) in [5.74, 6) is 0.937. The van der Waals surface area contributed by atoms with Crippen LogP contribution in [0.2, 0.25) is 0 Å². The Morgan fingerprint density at radius 2 is 1.04 bits per heavy atom. The third kappa shape index (κ3) is 10.4. The molecule has 7 heteroatoms. The van der Waals surface area contributed by atoms with E-state index in [9.17, 15) is 30.2 Å². The second kappa shape index (κ2) is 23.8. The summed E-state index contributed by atoms with van der Waals surface area (Å²) in [6.07, 6.45) is 5.07. The number of nitrogens with zero attached hydrogens (tertiary/aromatic N) is 4. The van der Waals surface area contributed by atoms with Gasteiger partial charge in [0.25, 0.3) is 6.33 Å². The van der Waals surface area contributed by atoms with Gasteiger partial charge >= 0.3 is 0 Å². The molecular formula is C82H60N4OPtSi-2. The molecular weight excluding hydrogens is 1280 g/mol. The smallest absolute Gasteiger partial charge is 0.268 e. The maximum absolute atomic E-state index is 11.1. The minimum Gasteiger partial charge on any atom is -0.510 e. The first-order chi connectivity index (χ1) is 56.1. The predicted molar refractivity (Wildman–Crippen MR) is 364 cm³/mol. The summed E-state index contributed by atoms with van der Waals surface area (Å²) in [7, 11) is -6.57. The van der Waals surface area contributed by atoms with E-state index >= 15 is 0 Å². The van der Waals surface area contributed by atoms with Crippen molar-refractivity contribution in [3.63, 3.8) is 0 Å². The van der Waals surface area contributed by atoms with Crippen molar-refractivity contribution in [3.8, 4) is 73.2 Å². The van der Waals surface area contributed by atoms with Crippen LogP contribution in [-0.2, 0) is 26.5 Å². The Morgan fingerprint density at radius 1 is 0.472 bits per heavy atom. The summed E-state index contributed by atoms with van der Waals surface area (Å²) in [4.78, 5) is 4.81. The van der Waals surface area contributed by atoms with Crippen LogP contribution in [0.15, 0.2) is 309 Å². The van der Waals surface area contributed by atoms with E-state index in [2.05, 4.69) is 39.2 Å². The maximum Gasteiger partial charge on any atom is 0.268 e. The Labute approximate surface area is 578 Å². The average Bonchev–Trinajstić information content (AvgIpc) is 1.02. The van der Waals surface area contributed by atoms with Gasteiger partial charge in [0.15, 0.2) is 8.07 Å². The van der Waals surface area contributed by atoms with E-state index in [0.29, 0.717) is 11.3 Å².